The van der Waals surface area contributed by atoms with Crippen molar-refractivity contribution in [2.75, 3.05) is 6.61 Å². The van der Waals surface area contributed by atoms with Crippen molar-refractivity contribution < 1.29 is 19.4 Å². The van der Waals surface area contributed by atoms with Gasteiger partial charge in [0.25, 0.3) is 0 Å². The van der Waals surface area contributed by atoms with E-state index in [9.17, 15) is 4.79 Å². The molecule has 1 heterocycles. The Morgan fingerprint density at radius 2 is 1.92 bits per heavy atom. The molecule has 0 atom stereocenters. The fourth-order valence-electron chi connectivity index (χ4n) is 1.75. The number of hydrogen-bond donors (Lipinski definition) is 1. The molecule has 1 N–H and O–H groups in total. The number of aromatic carboxylic acids is 1. The summed E-state index contributed by atoms with van der Waals surface area (Å²) in [4.78, 5) is 14.9. The summed E-state index contributed by atoms with van der Waals surface area (Å²) >= 11 is 6.12. The molecule has 2 rings (SSSR count). The Morgan fingerprint density at radius 1 is 1.25 bits per heavy atom. The molecule has 24 heavy (non-hydrogen) atoms. The van der Waals surface area contributed by atoms with Gasteiger partial charge in [-0.15, -0.1) is 0 Å². The minimum Gasteiger partial charge on any atom is -0.487 e. The van der Waals surface area contributed by atoms with Crippen LogP contribution >= 0.6 is 11.6 Å². The van der Waals surface area contributed by atoms with Crippen LogP contribution in [0.2, 0.25) is 5.02 Å². The first-order valence-corrected chi connectivity index (χ1v) is 7.57. The molecular formula is C17H18ClLiNO4. The molecule has 1 aromatic carbocycles. The van der Waals surface area contributed by atoms with Crippen molar-refractivity contribution in [1.82, 2.24) is 4.98 Å². The summed E-state index contributed by atoms with van der Waals surface area (Å²) in [6.07, 6.45) is 1.55. The summed E-state index contributed by atoms with van der Waals surface area (Å²) in [5.41, 5.74) is 1.09. The maximum atomic E-state index is 10.8. The monoisotopic (exact) mass is 342 g/mol. The smallest absolute Gasteiger partial charge is 0.335 e. The van der Waals surface area contributed by atoms with E-state index in [1.54, 1.807) is 24.4 Å². The number of carbonyl (C=O) groups is 1. The number of aromatic nitrogens is 1. The quantitative estimate of drug-likeness (QED) is 0.777. The van der Waals surface area contributed by atoms with Crippen LogP contribution < -0.4 is 9.47 Å². The Labute approximate surface area is 158 Å². The first-order chi connectivity index (χ1) is 11.0. The van der Waals surface area contributed by atoms with Crippen LogP contribution in [0.25, 0.3) is 0 Å². The third kappa shape index (κ3) is 6.08. The van der Waals surface area contributed by atoms with Gasteiger partial charge in [-0.05, 0) is 23.6 Å². The molecule has 0 saturated heterocycles. The fraction of sp³-hybridized carbons (Fsp3) is 0.294. The van der Waals surface area contributed by atoms with Crippen LogP contribution in [0.15, 0.2) is 36.5 Å². The molecule has 0 aliphatic heterocycles. The van der Waals surface area contributed by atoms with Crippen LogP contribution in [0.3, 0.4) is 0 Å². The Kier molecular flexibility index (Phi) is 8.13. The first kappa shape index (κ1) is 20.4. The molecule has 5 nitrogen and oxygen atoms in total. The Balaban J connectivity index is 0.00000288. The zero-order valence-electron chi connectivity index (χ0n) is 14.0. The van der Waals surface area contributed by atoms with Gasteiger partial charge in [-0.1, -0.05) is 37.6 Å². The van der Waals surface area contributed by atoms with Gasteiger partial charge in [-0.3, -0.25) is 0 Å². The van der Waals surface area contributed by atoms with Crippen molar-refractivity contribution in [2.45, 2.75) is 20.5 Å². The minimum atomic E-state index is -0.953. The maximum absolute atomic E-state index is 10.8. The van der Waals surface area contributed by atoms with E-state index in [1.165, 1.54) is 12.1 Å². The van der Waals surface area contributed by atoms with Crippen molar-refractivity contribution in [3.05, 3.63) is 52.7 Å². The van der Waals surface area contributed by atoms with Gasteiger partial charge in [0.05, 0.1) is 18.4 Å². The summed E-state index contributed by atoms with van der Waals surface area (Å²) in [6.45, 7) is 4.93. The summed E-state index contributed by atoms with van der Waals surface area (Å²) in [6, 6.07) is 8.14. The van der Waals surface area contributed by atoms with Crippen LogP contribution in [0.1, 0.15) is 29.8 Å². The number of carboxylic acids is 1. The van der Waals surface area contributed by atoms with Gasteiger partial charge in [-0.2, -0.15) is 0 Å². The standard InChI is InChI=1S/C17H18ClNO4.Li/c1-11(2)9-23-16-15(18)7-14(8-19-16)22-10-12-3-5-13(6-4-12)17(20)21;/h3-8,11H,9-10H2,1-2H3,(H,20,21);. The molecule has 1 aromatic heterocycles. The third-order valence-corrected chi connectivity index (χ3v) is 3.21. The average Bonchev–Trinajstić information content (AvgIpc) is 2.52. The van der Waals surface area contributed by atoms with E-state index in [1.807, 2.05) is 13.8 Å². The largest absolute Gasteiger partial charge is 0.487 e. The van der Waals surface area contributed by atoms with Crippen molar-refractivity contribution in [2.24, 2.45) is 5.92 Å². The summed E-state index contributed by atoms with van der Waals surface area (Å²) in [5, 5.41) is 9.24. The van der Waals surface area contributed by atoms with E-state index in [2.05, 4.69) is 4.98 Å². The number of nitrogens with zero attached hydrogens (tertiary/aromatic N) is 1. The van der Waals surface area contributed by atoms with Gasteiger partial charge < -0.3 is 14.6 Å². The number of pyridine rings is 1. The van der Waals surface area contributed by atoms with E-state index in [4.69, 9.17) is 26.2 Å². The molecule has 7 heteroatoms. The fourth-order valence-corrected chi connectivity index (χ4v) is 1.96. The zero-order valence-corrected chi connectivity index (χ0v) is 14.7. The predicted molar refractivity (Wildman–Crippen MR) is 93.1 cm³/mol. The average molecular weight is 343 g/mol. The van der Waals surface area contributed by atoms with E-state index in [0.29, 0.717) is 35.8 Å². The second-order valence-corrected chi connectivity index (χ2v) is 5.86. The van der Waals surface area contributed by atoms with E-state index >= 15 is 0 Å². The maximum Gasteiger partial charge on any atom is 0.335 e. The minimum absolute atomic E-state index is 0. The topological polar surface area (TPSA) is 68.7 Å². The number of hydrogen-bond acceptors (Lipinski definition) is 4. The van der Waals surface area contributed by atoms with Gasteiger partial charge in [0.15, 0.2) is 0 Å². The van der Waals surface area contributed by atoms with Crippen LogP contribution in [-0.2, 0) is 6.61 Å². The van der Waals surface area contributed by atoms with E-state index in [0.717, 1.165) is 5.56 Å². The summed E-state index contributed by atoms with van der Waals surface area (Å²) in [5.74, 6) is 0.343. The Hall–Kier alpha value is -1.67. The molecular weight excluding hydrogens is 325 g/mol. The number of halogens is 1. The summed E-state index contributed by atoms with van der Waals surface area (Å²) in [7, 11) is 0. The first-order valence-electron chi connectivity index (χ1n) is 7.19. The van der Waals surface area contributed by atoms with Crippen molar-refractivity contribution >= 4 is 36.4 Å². The van der Waals surface area contributed by atoms with Crippen molar-refractivity contribution in [1.29, 1.82) is 0 Å². The second-order valence-electron chi connectivity index (χ2n) is 5.45. The van der Waals surface area contributed by atoms with Crippen LogP contribution in [0, 0.1) is 5.92 Å². The van der Waals surface area contributed by atoms with E-state index < -0.39 is 5.97 Å². The van der Waals surface area contributed by atoms with Crippen molar-refractivity contribution in [3.8, 4) is 11.6 Å². The Bertz CT molecular complexity index is 677. The molecule has 0 bridgehead atoms. The van der Waals surface area contributed by atoms with Gasteiger partial charge in [-0.25, -0.2) is 9.78 Å². The van der Waals surface area contributed by atoms with Crippen LogP contribution in [0.4, 0.5) is 0 Å². The molecule has 0 aliphatic carbocycles. The molecule has 123 valence electrons. The number of ether oxygens (including phenoxy) is 2. The molecule has 0 saturated carbocycles. The molecule has 0 unspecified atom stereocenters. The SMILES string of the molecule is CC(C)COc1ncc(OCc2ccc(C(=O)O)cc2)cc1Cl.[Li]. The predicted octanol–water partition coefficient (Wildman–Crippen LogP) is 3.67. The van der Waals surface area contributed by atoms with Gasteiger partial charge in [0.1, 0.15) is 17.4 Å². The van der Waals surface area contributed by atoms with Crippen molar-refractivity contribution in [3.63, 3.8) is 0 Å². The number of rotatable bonds is 7. The van der Waals surface area contributed by atoms with Crippen LogP contribution in [0.5, 0.6) is 11.6 Å². The van der Waals surface area contributed by atoms with Gasteiger partial charge in [0.2, 0.25) is 5.88 Å². The third-order valence-electron chi connectivity index (χ3n) is 2.94. The molecule has 2 aromatic rings. The molecule has 1 radical (unpaired) electrons. The zero-order chi connectivity index (χ0) is 16.8. The molecule has 0 fully saturated rings. The summed E-state index contributed by atoms with van der Waals surface area (Å²) < 4.78 is 11.1. The number of carboxylic acid groups (broad SMARTS) is 1. The number of benzene rings is 1. The van der Waals surface area contributed by atoms with Crippen LogP contribution in [-0.4, -0.2) is 41.5 Å². The van der Waals surface area contributed by atoms with Gasteiger partial charge >= 0.3 is 5.97 Å². The van der Waals surface area contributed by atoms with Gasteiger partial charge in [0, 0.05) is 24.9 Å². The Morgan fingerprint density at radius 3 is 2.46 bits per heavy atom. The normalized spacial score (nSPS) is 10.2. The second kappa shape index (κ2) is 9.58. The van der Waals surface area contributed by atoms with E-state index in [-0.39, 0.29) is 24.4 Å². The molecule has 0 amide bonds. The molecule has 0 spiro atoms. The molecule has 0 aliphatic rings.